The van der Waals surface area contributed by atoms with Gasteiger partial charge in [-0.25, -0.2) is 4.79 Å². The second-order valence-corrected chi connectivity index (χ2v) is 4.61. The Bertz CT molecular complexity index is 862. The summed E-state index contributed by atoms with van der Waals surface area (Å²) in [6.07, 6.45) is 3.01. The fourth-order valence-corrected chi connectivity index (χ4v) is 2.06. The summed E-state index contributed by atoms with van der Waals surface area (Å²) in [5.74, 6) is -0.428. The largest absolute Gasteiger partial charge is 0.439 e. The molecule has 22 heavy (non-hydrogen) atoms. The molecule has 3 rings (SSSR count). The number of benzene rings is 2. The molecule has 5 nitrogen and oxygen atoms in total. The molecular weight excluding hydrogens is 280 g/mol. The minimum Gasteiger partial charge on any atom is -0.282 e. The molecule has 0 atom stereocenters. The summed E-state index contributed by atoms with van der Waals surface area (Å²) in [6, 6.07) is 18.4. The average molecular weight is 293 g/mol. The number of aromatic nitrogens is 2. The molecule has 0 bridgehead atoms. The van der Waals surface area contributed by atoms with Crippen molar-refractivity contribution in [1.82, 2.24) is 5.27 Å². The Morgan fingerprint density at radius 2 is 1.64 bits per heavy atom. The third-order valence-electron chi connectivity index (χ3n) is 3.12. The molecule has 0 fully saturated rings. The molecule has 3 aromatic rings. The lowest BCUT2D eigenvalue weighted by molar-refractivity contribution is -0.672. The summed E-state index contributed by atoms with van der Waals surface area (Å²) in [5.41, 5.74) is 0.747. The van der Waals surface area contributed by atoms with E-state index in [0.717, 1.165) is 5.56 Å². The first-order valence-electron chi connectivity index (χ1n) is 6.72. The fraction of sp³-hybridized carbons (Fsp3) is 0. The summed E-state index contributed by atoms with van der Waals surface area (Å²) in [7, 11) is 0. The van der Waals surface area contributed by atoms with E-state index in [9.17, 15) is 9.59 Å². The zero-order valence-corrected chi connectivity index (χ0v) is 11.6. The molecule has 1 heterocycles. The number of allylic oxidation sites excluding steroid dienone is 1. The molecule has 0 aliphatic heterocycles. The number of nitrogens with one attached hydrogen (secondary N) is 1. The summed E-state index contributed by atoms with van der Waals surface area (Å²) < 4.78 is 6.08. The number of H-pyrrole nitrogens is 1. The predicted octanol–water partition coefficient (Wildman–Crippen LogP) is 2.14. The summed E-state index contributed by atoms with van der Waals surface area (Å²) in [5, 5.41) is 2.44. The number of hydrogen-bond acceptors (Lipinski definition) is 3. The van der Waals surface area contributed by atoms with Crippen LogP contribution in [0.1, 0.15) is 16.1 Å². The van der Waals surface area contributed by atoms with Gasteiger partial charge in [-0.1, -0.05) is 54.6 Å². The first-order chi connectivity index (χ1) is 10.8. The number of carbonyl (C=O) groups is 1. The van der Waals surface area contributed by atoms with E-state index in [2.05, 4.69) is 5.27 Å². The molecule has 1 aromatic heterocycles. The van der Waals surface area contributed by atoms with Gasteiger partial charge in [0.2, 0.25) is 5.69 Å². The molecule has 1 N–H and O–H groups in total. The van der Waals surface area contributed by atoms with Crippen LogP contribution in [-0.4, -0.2) is 11.1 Å². The minimum absolute atomic E-state index is 0.0709. The van der Waals surface area contributed by atoms with E-state index >= 15 is 0 Å². The normalized spacial score (nSPS) is 10.9. The molecule has 108 valence electrons. The highest BCUT2D eigenvalue weighted by Crippen LogP contribution is 2.03. The van der Waals surface area contributed by atoms with Gasteiger partial charge in [-0.15, -0.1) is 0 Å². The number of hydrogen-bond donors (Lipinski definition) is 1. The van der Waals surface area contributed by atoms with E-state index in [1.165, 1.54) is 10.8 Å². The molecule has 0 amide bonds. The number of nitrogens with zero attached hydrogens (tertiary/aromatic N) is 1. The lowest BCUT2D eigenvalue weighted by Crippen LogP contribution is -2.40. The average Bonchev–Trinajstić information content (AvgIpc) is 2.96. The van der Waals surface area contributed by atoms with E-state index < -0.39 is 11.4 Å². The van der Waals surface area contributed by atoms with Gasteiger partial charge in [0.05, 0.1) is 0 Å². The van der Waals surface area contributed by atoms with Crippen LogP contribution in [0.3, 0.4) is 0 Å². The highest BCUT2D eigenvalue weighted by Gasteiger charge is 2.28. The number of ketones is 1. The molecule has 5 heteroatoms. The molecular formula is C17H13N2O3+. The number of para-hydroxylation sites is 1. The Morgan fingerprint density at radius 1 is 1.00 bits per heavy atom. The molecule has 0 aliphatic carbocycles. The SMILES string of the molecule is O=C(/C=C/c1ccccc1)c1c(=O)o[nH][n+]1-c1ccccc1. The van der Waals surface area contributed by atoms with Crippen LogP contribution in [0.25, 0.3) is 11.8 Å². The Morgan fingerprint density at radius 3 is 2.32 bits per heavy atom. The van der Waals surface area contributed by atoms with Crippen LogP contribution >= 0.6 is 0 Å². The van der Waals surface area contributed by atoms with Gasteiger partial charge in [0.25, 0.3) is 5.78 Å². The number of aromatic amines is 1. The van der Waals surface area contributed by atoms with Crippen molar-refractivity contribution in [3.63, 3.8) is 0 Å². The number of rotatable bonds is 4. The Kier molecular flexibility index (Phi) is 3.78. The maximum atomic E-state index is 12.3. The van der Waals surface area contributed by atoms with Gasteiger partial charge < -0.3 is 0 Å². The van der Waals surface area contributed by atoms with Crippen molar-refractivity contribution in [2.24, 2.45) is 0 Å². The maximum absolute atomic E-state index is 12.3. The van der Waals surface area contributed by atoms with Crippen LogP contribution in [0.2, 0.25) is 0 Å². The summed E-state index contributed by atoms with van der Waals surface area (Å²) in [6.45, 7) is 0. The van der Waals surface area contributed by atoms with Crippen molar-refractivity contribution < 1.29 is 14.0 Å². The second kappa shape index (κ2) is 6.05. The van der Waals surface area contributed by atoms with Crippen LogP contribution in [-0.2, 0) is 0 Å². The highest BCUT2D eigenvalue weighted by atomic mass is 16.5. The Balaban J connectivity index is 1.95. The van der Waals surface area contributed by atoms with Crippen molar-refractivity contribution in [1.29, 1.82) is 0 Å². The first-order valence-corrected chi connectivity index (χ1v) is 6.72. The van der Waals surface area contributed by atoms with Crippen LogP contribution in [0.15, 0.2) is 76.1 Å². The van der Waals surface area contributed by atoms with Gasteiger partial charge in [0.15, 0.2) is 0 Å². The fourth-order valence-electron chi connectivity index (χ4n) is 2.06. The van der Waals surface area contributed by atoms with Gasteiger partial charge in [-0.05, 0) is 21.6 Å². The van der Waals surface area contributed by atoms with E-state index in [0.29, 0.717) is 5.69 Å². The highest BCUT2D eigenvalue weighted by molar-refractivity contribution is 6.04. The second-order valence-electron chi connectivity index (χ2n) is 4.61. The third kappa shape index (κ3) is 2.78. The predicted molar refractivity (Wildman–Crippen MR) is 80.7 cm³/mol. The minimum atomic E-state index is -0.702. The van der Waals surface area contributed by atoms with Crippen molar-refractivity contribution >= 4 is 11.9 Å². The quantitative estimate of drug-likeness (QED) is 0.455. The maximum Gasteiger partial charge on any atom is 0.439 e. The Labute approximate surface area is 126 Å². The molecule has 0 saturated heterocycles. The van der Waals surface area contributed by atoms with Crippen LogP contribution in [0, 0.1) is 0 Å². The van der Waals surface area contributed by atoms with E-state index in [4.69, 9.17) is 4.52 Å². The van der Waals surface area contributed by atoms with E-state index in [-0.39, 0.29) is 5.69 Å². The van der Waals surface area contributed by atoms with Gasteiger partial charge in [0, 0.05) is 12.1 Å². The lowest BCUT2D eigenvalue weighted by atomic mass is 10.2. The van der Waals surface area contributed by atoms with Crippen molar-refractivity contribution in [3.05, 3.63) is 88.4 Å². The van der Waals surface area contributed by atoms with Crippen molar-refractivity contribution in [2.45, 2.75) is 0 Å². The smallest absolute Gasteiger partial charge is 0.282 e. The van der Waals surface area contributed by atoms with Gasteiger partial charge >= 0.3 is 11.3 Å². The van der Waals surface area contributed by atoms with E-state index in [1.54, 1.807) is 18.2 Å². The Hall–Kier alpha value is -3.21. The van der Waals surface area contributed by atoms with Crippen molar-refractivity contribution in [3.8, 4) is 5.69 Å². The van der Waals surface area contributed by atoms with Gasteiger partial charge in [0.1, 0.15) is 0 Å². The van der Waals surface area contributed by atoms with Gasteiger partial charge in [-0.3, -0.25) is 9.32 Å². The van der Waals surface area contributed by atoms with Crippen LogP contribution in [0.5, 0.6) is 0 Å². The third-order valence-corrected chi connectivity index (χ3v) is 3.12. The van der Waals surface area contributed by atoms with E-state index in [1.807, 2.05) is 48.5 Å². The summed E-state index contributed by atoms with van der Waals surface area (Å²) in [4.78, 5) is 24.1. The monoisotopic (exact) mass is 293 g/mol. The lowest BCUT2D eigenvalue weighted by Gasteiger charge is -1.92. The molecule has 0 spiro atoms. The molecule has 0 aliphatic rings. The zero-order chi connectivity index (χ0) is 15.4. The molecule has 0 unspecified atom stereocenters. The standard InChI is InChI=1S/C17H12N2O3/c20-15(12-11-13-7-3-1-4-8-13)16-17(21)22-18-19(16)14-9-5-2-6-10-14/h1-12H/p+1/b12-11+. The zero-order valence-electron chi connectivity index (χ0n) is 11.6. The number of carbonyl (C=O) groups excluding carboxylic acids is 1. The van der Waals surface area contributed by atoms with Crippen LogP contribution < -0.4 is 10.3 Å². The topological polar surface area (TPSA) is 67.0 Å². The van der Waals surface area contributed by atoms with Crippen molar-refractivity contribution in [2.75, 3.05) is 0 Å². The molecule has 0 radical (unpaired) electrons. The summed E-state index contributed by atoms with van der Waals surface area (Å²) >= 11 is 0. The molecule has 0 saturated carbocycles. The first kappa shape index (κ1) is 13.8. The van der Waals surface area contributed by atoms with Gasteiger partial charge in [-0.2, -0.15) is 0 Å². The molecule has 2 aromatic carbocycles. The van der Waals surface area contributed by atoms with Crippen LogP contribution in [0.4, 0.5) is 0 Å².